The minimum atomic E-state index is -0.218. The van der Waals surface area contributed by atoms with Crippen LogP contribution in [0.5, 0.6) is 0 Å². The fraction of sp³-hybridized carbons (Fsp3) is 0.0870. The van der Waals surface area contributed by atoms with Gasteiger partial charge in [-0.25, -0.2) is 0 Å². The van der Waals surface area contributed by atoms with Crippen molar-refractivity contribution in [3.05, 3.63) is 89.7 Å². The lowest BCUT2D eigenvalue weighted by atomic mass is 10.1. The van der Waals surface area contributed by atoms with E-state index >= 15 is 0 Å². The van der Waals surface area contributed by atoms with Gasteiger partial charge in [0.05, 0.1) is 5.69 Å². The Balaban J connectivity index is 1.67. The average Bonchev–Trinajstić information content (AvgIpc) is 3.03. The predicted octanol–water partition coefficient (Wildman–Crippen LogP) is 5.49. The van der Waals surface area contributed by atoms with Gasteiger partial charge in [-0.3, -0.25) is 4.79 Å². The van der Waals surface area contributed by atoms with Gasteiger partial charge in [0.2, 0.25) is 0 Å². The molecule has 3 N–H and O–H groups in total. The average molecular weight is 356 g/mol. The van der Waals surface area contributed by atoms with E-state index in [1.165, 1.54) is 6.08 Å². The summed E-state index contributed by atoms with van der Waals surface area (Å²) in [6.07, 6.45) is 5.72. The summed E-state index contributed by atoms with van der Waals surface area (Å²) in [7, 11) is 0. The van der Waals surface area contributed by atoms with Gasteiger partial charge in [0.15, 0.2) is 0 Å². The number of carbonyl (C=O) groups excluding carboxylic acids is 1. The number of amides is 1. The Bertz CT molecular complexity index is 1080. The first-order valence-corrected chi connectivity index (χ1v) is 8.87. The van der Waals surface area contributed by atoms with E-state index in [9.17, 15) is 9.90 Å². The Hall–Kier alpha value is -3.53. The number of benzene rings is 2. The summed E-state index contributed by atoms with van der Waals surface area (Å²) < 4.78 is 0. The molecule has 0 radical (unpaired) electrons. The van der Waals surface area contributed by atoms with E-state index in [-0.39, 0.29) is 11.7 Å². The van der Waals surface area contributed by atoms with E-state index < -0.39 is 0 Å². The minimum Gasteiger partial charge on any atom is -0.508 e. The summed E-state index contributed by atoms with van der Waals surface area (Å²) >= 11 is 0. The van der Waals surface area contributed by atoms with Crippen LogP contribution in [0.3, 0.4) is 0 Å². The van der Waals surface area contributed by atoms with Crippen LogP contribution in [0.25, 0.3) is 22.2 Å². The third kappa shape index (κ3) is 3.42. The maximum Gasteiger partial charge on any atom is 0.252 e. The number of allylic oxidation sites excluding steroid dienone is 4. The smallest absolute Gasteiger partial charge is 0.252 e. The van der Waals surface area contributed by atoms with Gasteiger partial charge in [0.25, 0.3) is 5.91 Å². The summed E-state index contributed by atoms with van der Waals surface area (Å²) in [4.78, 5) is 16.2. The van der Waals surface area contributed by atoms with Crippen molar-refractivity contribution in [1.82, 2.24) is 4.98 Å². The Kier molecular flexibility index (Phi) is 4.38. The molecule has 0 atom stereocenters. The van der Waals surface area contributed by atoms with Gasteiger partial charge in [-0.15, -0.1) is 0 Å². The first kappa shape index (κ1) is 16.9. The largest absolute Gasteiger partial charge is 0.508 e. The van der Waals surface area contributed by atoms with E-state index in [4.69, 9.17) is 0 Å². The van der Waals surface area contributed by atoms with Crippen molar-refractivity contribution in [3.8, 4) is 11.3 Å². The highest BCUT2D eigenvalue weighted by atomic mass is 16.3. The maximum atomic E-state index is 12.8. The Morgan fingerprint density at radius 3 is 2.74 bits per heavy atom. The highest BCUT2D eigenvalue weighted by molar-refractivity contribution is 6.06. The molecule has 4 heteroatoms. The highest BCUT2D eigenvalue weighted by Crippen LogP contribution is 2.30. The zero-order valence-corrected chi connectivity index (χ0v) is 15.0. The van der Waals surface area contributed by atoms with Gasteiger partial charge in [-0.05, 0) is 43.2 Å². The number of aromatic amines is 1. The molecular formula is C23H20N2O2. The monoisotopic (exact) mass is 356 g/mol. The number of anilines is 1. The van der Waals surface area contributed by atoms with Gasteiger partial charge < -0.3 is 15.4 Å². The van der Waals surface area contributed by atoms with Gasteiger partial charge in [0.1, 0.15) is 5.76 Å². The van der Waals surface area contributed by atoms with Crippen LogP contribution in [0.1, 0.15) is 13.3 Å². The molecule has 4 rings (SSSR count). The van der Waals surface area contributed by atoms with Crippen LogP contribution in [-0.4, -0.2) is 16.0 Å². The topological polar surface area (TPSA) is 65.1 Å². The van der Waals surface area contributed by atoms with Crippen LogP contribution >= 0.6 is 0 Å². The molecule has 1 aliphatic rings. The molecule has 4 nitrogen and oxygen atoms in total. The molecule has 0 saturated carbocycles. The molecule has 1 amide bonds. The van der Waals surface area contributed by atoms with Crippen LogP contribution in [0, 0.1) is 0 Å². The number of H-pyrrole nitrogens is 1. The lowest BCUT2D eigenvalue weighted by Crippen LogP contribution is -2.15. The molecule has 0 unspecified atom stereocenters. The lowest BCUT2D eigenvalue weighted by molar-refractivity contribution is -0.112. The number of nitrogens with one attached hydrogen (secondary N) is 2. The lowest BCUT2D eigenvalue weighted by Gasteiger charge is -2.11. The third-order valence-electron chi connectivity index (χ3n) is 4.71. The second-order valence-electron chi connectivity index (χ2n) is 6.61. The van der Waals surface area contributed by atoms with E-state index in [0.29, 0.717) is 12.0 Å². The summed E-state index contributed by atoms with van der Waals surface area (Å²) in [5.41, 5.74) is 4.91. The van der Waals surface area contributed by atoms with Crippen molar-refractivity contribution in [2.45, 2.75) is 13.3 Å². The van der Waals surface area contributed by atoms with E-state index in [1.54, 1.807) is 0 Å². The van der Waals surface area contributed by atoms with Gasteiger partial charge >= 0.3 is 0 Å². The molecule has 1 aromatic heterocycles. The quantitative estimate of drug-likeness (QED) is 0.581. The number of para-hydroxylation sites is 2. The number of hydrogen-bond donors (Lipinski definition) is 3. The Labute approximate surface area is 157 Å². The second-order valence-corrected chi connectivity index (χ2v) is 6.61. The number of aliphatic hydroxyl groups excluding tert-OH is 1. The van der Waals surface area contributed by atoms with Gasteiger partial charge in [0, 0.05) is 27.7 Å². The molecule has 3 aromatic rings. The van der Waals surface area contributed by atoms with Gasteiger partial charge in [-0.1, -0.05) is 48.6 Å². The van der Waals surface area contributed by atoms with Crippen LogP contribution in [0.4, 0.5) is 5.69 Å². The first-order chi connectivity index (χ1) is 13.1. The molecule has 0 spiro atoms. The number of aliphatic hydroxyl groups is 1. The number of aromatic nitrogens is 1. The SMILES string of the molecule is CC1=C(O)C=C(C(=O)Nc2ccccc2-c2cc3ccccc3[nH]2)CC=C1. The molecular weight excluding hydrogens is 336 g/mol. The maximum absolute atomic E-state index is 12.8. The molecule has 1 aliphatic carbocycles. The summed E-state index contributed by atoms with van der Waals surface area (Å²) in [5, 5.41) is 14.1. The fourth-order valence-electron chi connectivity index (χ4n) is 3.19. The Morgan fingerprint density at radius 1 is 1.11 bits per heavy atom. The summed E-state index contributed by atoms with van der Waals surface area (Å²) in [6, 6.07) is 17.8. The minimum absolute atomic E-state index is 0.123. The van der Waals surface area contributed by atoms with E-state index in [0.717, 1.165) is 33.4 Å². The van der Waals surface area contributed by atoms with E-state index in [1.807, 2.05) is 61.5 Å². The number of fused-ring (bicyclic) bond motifs is 1. The first-order valence-electron chi connectivity index (χ1n) is 8.87. The number of carbonyl (C=O) groups is 1. The van der Waals surface area contributed by atoms with Crippen LogP contribution in [-0.2, 0) is 4.79 Å². The predicted molar refractivity (Wildman–Crippen MR) is 110 cm³/mol. The van der Waals surface area contributed by atoms with Crippen molar-refractivity contribution >= 4 is 22.5 Å². The molecule has 0 fully saturated rings. The summed E-state index contributed by atoms with van der Waals surface area (Å²) in [5.74, 6) is -0.0951. The van der Waals surface area contributed by atoms with Crippen molar-refractivity contribution in [2.24, 2.45) is 0 Å². The third-order valence-corrected chi connectivity index (χ3v) is 4.71. The molecule has 134 valence electrons. The van der Waals surface area contributed by atoms with Crippen molar-refractivity contribution < 1.29 is 9.90 Å². The molecule has 1 heterocycles. The van der Waals surface area contributed by atoms with Crippen LogP contribution in [0.2, 0.25) is 0 Å². The fourth-order valence-corrected chi connectivity index (χ4v) is 3.19. The highest BCUT2D eigenvalue weighted by Gasteiger charge is 2.15. The number of rotatable bonds is 3. The standard InChI is InChI=1S/C23H20N2O2/c1-15-7-6-9-17(14-22(15)26)23(27)25-20-12-5-3-10-18(20)21-13-16-8-2-4-11-19(16)24-21/h2-8,10-14,24,26H,9H2,1H3,(H,25,27). The molecule has 2 aromatic carbocycles. The second kappa shape index (κ2) is 7.00. The summed E-state index contributed by atoms with van der Waals surface area (Å²) in [6.45, 7) is 1.81. The van der Waals surface area contributed by atoms with E-state index in [2.05, 4.69) is 22.4 Å². The van der Waals surface area contributed by atoms with Crippen molar-refractivity contribution in [3.63, 3.8) is 0 Å². The van der Waals surface area contributed by atoms with Gasteiger partial charge in [-0.2, -0.15) is 0 Å². The van der Waals surface area contributed by atoms with Crippen molar-refractivity contribution in [2.75, 3.05) is 5.32 Å². The van der Waals surface area contributed by atoms with Crippen molar-refractivity contribution in [1.29, 1.82) is 0 Å². The zero-order valence-electron chi connectivity index (χ0n) is 15.0. The Morgan fingerprint density at radius 2 is 1.89 bits per heavy atom. The zero-order chi connectivity index (χ0) is 18.8. The van der Waals surface area contributed by atoms with Crippen LogP contribution < -0.4 is 5.32 Å². The molecule has 0 bridgehead atoms. The normalized spacial score (nSPS) is 14.2. The molecule has 27 heavy (non-hydrogen) atoms. The molecule has 0 saturated heterocycles. The molecule has 0 aliphatic heterocycles. The number of hydrogen-bond acceptors (Lipinski definition) is 2. The van der Waals surface area contributed by atoms with Crippen LogP contribution in [0.15, 0.2) is 89.7 Å².